The predicted octanol–water partition coefficient (Wildman–Crippen LogP) is 2.96. The highest BCUT2D eigenvalue weighted by Crippen LogP contribution is 2.18. The van der Waals surface area contributed by atoms with Gasteiger partial charge < -0.3 is 4.74 Å². The summed E-state index contributed by atoms with van der Waals surface area (Å²) >= 11 is 3.06. The highest BCUT2D eigenvalue weighted by Gasteiger charge is 2.18. The number of carbonyl (C=O) groups excluding carboxylic acids is 2. The Balaban J connectivity index is 1.92. The lowest BCUT2D eigenvalue weighted by molar-refractivity contribution is -0.128. The molecule has 0 bridgehead atoms. The summed E-state index contributed by atoms with van der Waals surface area (Å²) in [4.78, 5) is 23.8. The summed E-state index contributed by atoms with van der Waals surface area (Å²) in [6.45, 7) is 1.40. The summed E-state index contributed by atoms with van der Waals surface area (Å²) in [7, 11) is 0. The van der Waals surface area contributed by atoms with E-state index in [0.29, 0.717) is 0 Å². The summed E-state index contributed by atoms with van der Waals surface area (Å²) < 4.78 is 31.9. The van der Waals surface area contributed by atoms with Gasteiger partial charge in [-0.05, 0) is 53.2 Å². The van der Waals surface area contributed by atoms with Gasteiger partial charge >= 0.3 is 0 Å². The Morgan fingerprint density at radius 3 is 2.50 bits per heavy atom. The highest BCUT2D eigenvalue weighted by atomic mass is 79.9. The molecule has 0 aromatic heterocycles. The van der Waals surface area contributed by atoms with Crippen LogP contribution >= 0.6 is 15.9 Å². The van der Waals surface area contributed by atoms with Crippen LogP contribution in [0.25, 0.3) is 0 Å². The zero-order valence-corrected chi connectivity index (χ0v) is 14.1. The largest absolute Gasteiger partial charge is 0.478 e. The fourth-order valence-corrected chi connectivity index (χ4v) is 2.28. The van der Waals surface area contributed by atoms with Crippen LogP contribution in [0.15, 0.2) is 46.9 Å². The highest BCUT2D eigenvalue weighted by molar-refractivity contribution is 9.10. The zero-order chi connectivity index (χ0) is 17.7. The normalized spacial score (nSPS) is 11.5. The molecule has 8 heteroatoms. The monoisotopic (exact) mass is 398 g/mol. The second-order valence-electron chi connectivity index (χ2n) is 4.76. The van der Waals surface area contributed by atoms with Gasteiger partial charge in [-0.2, -0.15) is 0 Å². The van der Waals surface area contributed by atoms with Gasteiger partial charge in [-0.1, -0.05) is 12.1 Å². The molecule has 0 aliphatic rings. The molecule has 0 radical (unpaired) electrons. The Kier molecular flexibility index (Phi) is 5.86. The topological polar surface area (TPSA) is 67.4 Å². The van der Waals surface area contributed by atoms with E-state index in [2.05, 4.69) is 26.8 Å². The van der Waals surface area contributed by atoms with Crippen molar-refractivity contribution in [2.75, 3.05) is 0 Å². The molecule has 0 spiro atoms. The maximum absolute atomic E-state index is 13.5. The number of hydrazine groups is 1. The minimum atomic E-state index is -1.04. The fraction of sp³-hybridized carbons (Fsp3) is 0.125. The van der Waals surface area contributed by atoms with Crippen LogP contribution in [0.3, 0.4) is 0 Å². The third kappa shape index (κ3) is 4.51. The molecule has 0 heterocycles. The van der Waals surface area contributed by atoms with Gasteiger partial charge in [0.1, 0.15) is 5.82 Å². The van der Waals surface area contributed by atoms with Crippen molar-refractivity contribution in [3.05, 3.63) is 64.1 Å². The van der Waals surface area contributed by atoms with Crippen LogP contribution in [0.2, 0.25) is 0 Å². The molecule has 2 aromatic carbocycles. The SMILES string of the molecule is CC(Oc1ccccc1F)C(=O)NNC(=O)c1ccc(F)cc1Br. The number of hydrogen-bond donors (Lipinski definition) is 2. The number of rotatable bonds is 4. The molecule has 0 fully saturated rings. The van der Waals surface area contributed by atoms with E-state index in [4.69, 9.17) is 4.74 Å². The first-order valence-electron chi connectivity index (χ1n) is 6.85. The standard InChI is InChI=1S/C16H13BrF2N2O3/c1-9(24-14-5-3-2-4-13(14)19)15(22)20-21-16(23)11-7-6-10(18)8-12(11)17/h2-9H,1H3,(H,20,22)(H,21,23). The number of amides is 2. The Hall–Kier alpha value is -2.48. The van der Waals surface area contributed by atoms with E-state index in [-0.39, 0.29) is 15.8 Å². The number of halogens is 3. The van der Waals surface area contributed by atoms with Crippen molar-refractivity contribution in [2.45, 2.75) is 13.0 Å². The van der Waals surface area contributed by atoms with E-state index in [9.17, 15) is 18.4 Å². The third-order valence-corrected chi connectivity index (χ3v) is 3.64. The van der Waals surface area contributed by atoms with E-state index in [1.54, 1.807) is 6.07 Å². The molecule has 0 saturated carbocycles. The molecule has 0 saturated heterocycles. The molecule has 0 aliphatic heterocycles. The molecule has 1 atom stereocenters. The van der Waals surface area contributed by atoms with Crippen molar-refractivity contribution in [3.63, 3.8) is 0 Å². The van der Waals surface area contributed by atoms with Crippen LogP contribution in [0.4, 0.5) is 8.78 Å². The Morgan fingerprint density at radius 2 is 1.83 bits per heavy atom. The number of para-hydroxylation sites is 1. The minimum absolute atomic E-state index is 0.0762. The van der Waals surface area contributed by atoms with Gasteiger partial charge in [-0.15, -0.1) is 0 Å². The van der Waals surface area contributed by atoms with Gasteiger partial charge in [0.15, 0.2) is 17.7 Å². The average Bonchev–Trinajstić information content (AvgIpc) is 2.54. The van der Waals surface area contributed by atoms with E-state index < -0.39 is 29.6 Å². The lowest BCUT2D eigenvalue weighted by atomic mass is 10.2. The van der Waals surface area contributed by atoms with Gasteiger partial charge in [-0.3, -0.25) is 20.4 Å². The van der Waals surface area contributed by atoms with Gasteiger partial charge in [0.25, 0.3) is 11.8 Å². The average molecular weight is 399 g/mol. The van der Waals surface area contributed by atoms with Crippen LogP contribution in [0.5, 0.6) is 5.75 Å². The molecular formula is C16H13BrF2N2O3. The minimum Gasteiger partial charge on any atom is -0.478 e. The molecule has 2 amide bonds. The van der Waals surface area contributed by atoms with E-state index >= 15 is 0 Å². The Bertz CT molecular complexity index is 771. The van der Waals surface area contributed by atoms with Gasteiger partial charge in [-0.25, -0.2) is 8.78 Å². The molecule has 5 nitrogen and oxygen atoms in total. The van der Waals surface area contributed by atoms with Crippen LogP contribution < -0.4 is 15.6 Å². The summed E-state index contributed by atoms with van der Waals surface area (Å²) in [5.74, 6) is -2.50. The van der Waals surface area contributed by atoms with Crippen molar-refractivity contribution in [2.24, 2.45) is 0 Å². The quantitative estimate of drug-likeness (QED) is 0.778. The van der Waals surface area contributed by atoms with E-state index in [0.717, 1.165) is 12.1 Å². The summed E-state index contributed by atoms with van der Waals surface area (Å²) in [5, 5.41) is 0. The second kappa shape index (κ2) is 7.87. The summed E-state index contributed by atoms with van der Waals surface area (Å²) in [5.41, 5.74) is 4.48. The summed E-state index contributed by atoms with van der Waals surface area (Å²) in [6, 6.07) is 9.15. The first-order valence-corrected chi connectivity index (χ1v) is 7.64. The van der Waals surface area contributed by atoms with E-state index in [1.165, 1.54) is 31.2 Å². The third-order valence-electron chi connectivity index (χ3n) is 2.98. The molecule has 2 aromatic rings. The Morgan fingerprint density at radius 1 is 1.12 bits per heavy atom. The van der Waals surface area contributed by atoms with Crippen molar-refractivity contribution >= 4 is 27.7 Å². The lowest BCUT2D eigenvalue weighted by Gasteiger charge is -2.15. The molecule has 24 heavy (non-hydrogen) atoms. The van der Waals surface area contributed by atoms with Crippen molar-refractivity contribution in [3.8, 4) is 5.75 Å². The maximum Gasteiger partial charge on any atom is 0.279 e. The van der Waals surface area contributed by atoms with Crippen LogP contribution in [0, 0.1) is 11.6 Å². The zero-order valence-electron chi connectivity index (χ0n) is 12.5. The molecule has 126 valence electrons. The molecule has 0 aliphatic carbocycles. The second-order valence-corrected chi connectivity index (χ2v) is 5.61. The van der Waals surface area contributed by atoms with Gasteiger partial charge in [0.05, 0.1) is 5.56 Å². The van der Waals surface area contributed by atoms with Crippen molar-refractivity contribution < 1.29 is 23.1 Å². The molecule has 2 rings (SSSR count). The maximum atomic E-state index is 13.5. The van der Waals surface area contributed by atoms with Gasteiger partial charge in [0, 0.05) is 4.47 Å². The lowest BCUT2D eigenvalue weighted by Crippen LogP contribution is -2.47. The number of ether oxygens (including phenoxy) is 1. The van der Waals surface area contributed by atoms with Gasteiger partial charge in [0.2, 0.25) is 0 Å². The molecule has 2 N–H and O–H groups in total. The first kappa shape index (κ1) is 17.9. The van der Waals surface area contributed by atoms with Crippen LogP contribution in [0.1, 0.15) is 17.3 Å². The smallest absolute Gasteiger partial charge is 0.279 e. The first-order chi connectivity index (χ1) is 11.4. The Labute approximate surface area is 145 Å². The fourth-order valence-electron chi connectivity index (χ4n) is 1.75. The predicted molar refractivity (Wildman–Crippen MR) is 86.2 cm³/mol. The molecule has 1 unspecified atom stereocenters. The number of nitrogens with one attached hydrogen (secondary N) is 2. The number of carbonyl (C=O) groups is 2. The number of benzene rings is 2. The van der Waals surface area contributed by atoms with Crippen molar-refractivity contribution in [1.29, 1.82) is 0 Å². The van der Waals surface area contributed by atoms with Crippen LogP contribution in [-0.2, 0) is 4.79 Å². The summed E-state index contributed by atoms with van der Waals surface area (Å²) in [6.07, 6.45) is -1.04. The molecular weight excluding hydrogens is 386 g/mol. The van der Waals surface area contributed by atoms with Crippen LogP contribution in [-0.4, -0.2) is 17.9 Å². The van der Waals surface area contributed by atoms with Crippen molar-refractivity contribution in [1.82, 2.24) is 10.9 Å². The van der Waals surface area contributed by atoms with E-state index in [1.807, 2.05) is 0 Å². The number of hydrogen-bond acceptors (Lipinski definition) is 3.